The van der Waals surface area contributed by atoms with Crippen LogP contribution >= 0.6 is 0 Å². The zero-order valence-corrected chi connectivity index (χ0v) is 22.1. The standard InChI is InChI=1S/C26H39N3O8/c1-5-34-24(32)20(14-8-6-7-11-15-28-25(33)37-26(2,3)4)36-23(31)17-29-18-12-9-10-13-19(18)35-21(27)16-22(29)30/h9-10,12-13,20-21H,5-8,11,14-17,27H2,1-4H3,(H,28,33)/t20-,21-/m0/s1. The van der Waals surface area contributed by atoms with E-state index in [9.17, 15) is 19.2 Å². The molecule has 0 unspecified atom stereocenters. The molecular weight excluding hydrogens is 482 g/mol. The number of esters is 2. The lowest BCUT2D eigenvalue weighted by Gasteiger charge is -2.22. The van der Waals surface area contributed by atoms with Crippen molar-refractivity contribution in [3.8, 4) is 5.75 Å². The van der Waals surface area contributed by atoms with Gasteiger partial charge in [-0.05, 0) is 59.1 Å². The highest BCUT2D eigenvalue weighted by molar-refractivity contribution is 6.00. The highest BCUT2D eigenvalue weighted by Gasteiger charge is 2.31. The smallest absolute Gasteiger partial charge is 0.407 e. The molecule has 1 heterocycles. The van der Waals surface area contributed by atoms with Gasteiger partial charge in [0.25, 0.3) is 0 Å². The number of nitrogens with one attached hydrogen (secondary N) is 1. The maximum atomic E-state index is 12.8. The fourth-order valence-electron chi connectivity index (χ4n) is 3.67. The third kappa shape index (κ3) is 10.7. The van der Waals surface area contributed by atoms with Crippen molar-refractivity contribution in [1.29, 1.82) is 0 Å². The van der Waals surface area contributed by atoms with E-state index >= 15 is 0 Å². The Morgan fingerprint density at radius 2 is 1.86 bits per heavy atom. The minimum Gasteiger partial charge on any atom is -0.473 e. The molecule has 206 valence electrons. The Morgan fingerprint density at radius 1 is 1.16 bits per heavy atom. The molecule has 0 aliphatic carbocycles. The number of para-hydroxylation sites is 2. The first kappa shape index (κ1) is 29.9. The van der Waals surface area contributed by atoms with Crippen LogP contribution in [0.3, 0.4) is 0 Å². The molecule has 0 saturated heterocycles. The van der Waals surface area contributed by atoms with Gasteiger partial charge in [0.2, 0.25) is 5.91 Å². The summed E-state index contributed by atoms with van der Waals surface area (Å²) >= 11 is 0. The number of carbonyl (C=O) groups is 4. The Labute approximate surface area is 217 Å². The number of benzene rings is 1. The second kappa shape index (κ2) is 14.4. The van der Waals surface area contributed by atoms with E-state index in [2.05, 4.69) is 5.32 Å². The van der Waals surface area contributed by atoms with Crippen LogP contribution in [-0.2, 0) is 28.6 Å². The minimum absolute atomic E-state index is 0.105. The molecule has 0 radical (unpaired) electrons. The quantitative estimate of drug-likeness (QED) is 0.241. The van der Waals surface area contributed by atoms with Gasteiger partial charge in [0.1, 0.15) is 17.9 Å². The number of amides is 2. The van der Waals surface area contributed by atoms with E-state index in [4.69, 9.17) is 24.7 Å². The monoisotopic (exact) mass is 521 g/mol. The van der Waals surface area contributed by atoms with Crippen molar-refractivity contribution in [3.63, 3.8) is 0 Å². The molecule has 3 N–H and O–H groups in total. The van der Waals surface area contributed by atoms with Crippen LogP contribution in [0.5, 0.6) is 5.75 Å². The molecule has 2 atom stereocenters. The molecule has 37 heavy (non-hydrogen) atoms. The summed E-state index contributed by atoms with van der Waals surface area (Å²) in [5, 5.41) is 2.70. The summed E-state index contributed by atoms with van der Waals surface area (Å²) in [5.74, 6) is -1.37. The van der Waals surface area contributed by atoms with Gasteiger partial charge in [-0.25, -0.2) is 9.59 Å². The number of rotatable bonds is 12. The Hall–Kier alpha value is -3.34. The van der Waals surface area contributed by atoms with E-state index in [1.54, 1.807) is 52.0 Å². The van der Waals surface area contributed by atoms with Crippen LogP contribution < -0.4 is 20.7 Å². The molecule has 0 bridgehead atoms. The number of ether oxygens (including phenoxy) is 4. The van der Waals surface area contributed by atoms with Crippen LogP contribution in [0.2, 0.25) is 0 Å². The third-order valence-corrected chi connectivity index (χ3v) is 5.28. The molecule has 11 heteroatoms. The van der Waals surface area contributed by atoms with Gasteiger partial charge in [-0.2, -0.15) is 0 Å². The Kier molecular flexibility index (Phi) is 11.6. The number of anilines is 1. The summed E-state index contributed by atoms with van der Waals surface area (Å²) in [6, 6.07) is 6.77. The zero-order valence-electron chi connectivity index (χ0n) is 22.1. The molecule has 2 rings (SSSR count). The molecular formula is C26H39N3O8. The highest BCUT2D eigenvalue weighted by Crippen LogP contribution is 2.32. The van der Waals surface area contributed by atoms with Gasteiger partial charge in [-0.3, -0.25) is 20.2 Å². The van der Waals surface area contributed by atoms with Gasteiger partial charge in [0, 0.05) is 6.54 Å². The predicted octanol–water partition coefficient (Wildman–Crippen LogP) is 3.04. The second-order valence-electron chi connectivity index (χ2n) is 9.67. The number of fused-ring (bicyclic) bond motifs is 1. The van der Waals surface area contributed by atoms with Gasteiger partial charge in [0.05, 0.1) is 18.7 Å². The van der Waals surface area contributed by atoms with E-state index in [0.29, 0.717) is 24.4 Å². The van der Waals surface area contributed by atoms with Crippen LogP contribution in [0, 0.1) is 0 Å². The van der Waals surface area contributed by atoms with Crippen molar-refractivity contribution >= 4 is 29.6 Å². The third-order valence-electron chi connectivity index (χ3n) is 5.28. The van der Waals surface area contributed by atoms with Crippen LogP contribution in [-0.4, -0.2) is 61.6 Å². The van der Waals surface area contributed by atoms with Gasteiger partial charge in [0.15, 0.2) is 12.3 Å². The molecule has 1 aliphatic heterocycles. The highest BCUT2D eigenvalue weighted by atomic mass is 16.6. The molecule has 0 aromatic heterocycles. The summed E-state index contributed by atoms with van der Waals surface area (Å²) in [7, 11) is 0. The summed E-state index contributed by atoms with van der Waals surface area (Å²) in [6.07, 6.45) is 0.718. The Morgan fingerprint density at radius 3 is 2.57 bits per heavy atom. The molecule has 11 nitrogen and oxygen atoms in total. The summed E-state index contributed by atoms with van der Waals surface area (Å²) in [5.41, 5.74) is 5.71. The molecule has 0 saturated carbocycles. The number of carbonyl (C=O) groups excluding carboxylic acids is 4. The van der Waals surface area contributed by atoms with E-state index in [1.807, 2.05) is 0 Å². The molecule has 2 amide bonds. The van der Waals surface area contributed by atoms with Crippen LogP contribution in [0.1, 0.15) is 66.2 Å². The Bertz CT molecular complexity index is 931. The van der Waals surface area contributed by atoms with E-state index in [-0.39, 0.29) is 25.4 Å². The summed E-state index contributed by atoms with van der Waals surface area (Å²) in [6.45, 7) is 7.30. The van der Waals surface area contributed by atoms with Gasteiger partial charge >= 0.3 is 18.0 Å². The van der Waals surface area contributed by atoms with Gasteiger partial charge < -0.3 is 24.3 Å². The van der Waals surface area contributed by atoms with E-state index in [1.165, 1.54) is 4.90 Å². The fourth-order valence-corrected chi connectivity index (χ4v) is 3.67. The number of nitrogens with two attached hydrogens (primary N) is 1. The first-order chi connectivity index (χ1) is 17.5. The first-order valence-electron chi connectivity index (χ1n) is 12.6. The van der Waals surface area contributed by atoms with Gasteiger partial charge in [-0.15, -0.1) is 0 Å². The Balaban J connectivity index is 1.85. The number of unbranched alkanes of at least 4 members (excludes halogenated alkanes) is 3. The van der Waals surface area contributed by atoms with Crippen LogP contribution in [0.4, 0.5) is 10.5 Å². The van der Waals surface area contributed by atoms with Crippen molar-refractivity contribution in [2.24, 2.45) is 5.73 Å². The zero-order chi connectivity index (χ0) is 27.4. The van der Waals surface area contributed by atoms with Crippen molar-refractivity contribution < 1.29 is 38.1 Å². The average molecular weight is 522 g/mol. The van der Waals surface area contributed by atoms with Crippen molar-refractivity contribution in [1.82, 2.24) is 5.32 Å². The van der Waals surface area contributed by atoms with Crippen LogP contribution in [0.15, 0.2) is 24.3 Å². The van der Waals surface area contributed by atoms with Crippen LogP contribution in [0.25, 0.3) is 0 Å². The predicted molar refractivity (Wildman–Crippen MR) is 136 cm³/mol. The second-order valence-corrected chi connectivity index (χ2v) is 9.67. The normalized spacial score (nSPS) is 16.1. The maximum absolute atomic E-state index is 12.8. The van der Waals surface area contributed by atoms with E-state index in [0.717, 1.165) is 19.3 Å². The molecule has 1 aromatic carbocycles. The average Bonchev–Trinajstić information content (AvgIpc) is 2.91. The lowest BCUT2D eigenvalue weighted by atomic mass is 10.1. The SMILES string of the molecule is CCOC(=O)[C@H](CCCCCCNC(=O)OC(C)(C)C)OC(=O)CN1C(=O)C[C@@H](N)Oc2ccccc21. The lowest BCUT2D eigenvalue weighted by Crippen LogP contribution is -2.40. The van der Waals surface area contributed by atoms with Crippen molar-refractivity contribution in [3.05, 3.63) is 24.3 Å². The molecule has 0 fully saturated rings. The van der Waals surface area contributed by atoms with Gasteiger partial charge in [-0.1, -0.05) is 25.0 Å². The van der Waals surface area contributed by atoms with Crippen molar-refractivity contribution in [2.75, 3.05) is 24.6 Å². The topological polar surface area (TPSA) is 146 Å². The molecule has 1 aromatic rings. The fraction of sp³-hybridized carbons (Fsp3) is 0.615. The van der Waals surface area contributed by atoms with E-state index < -0.39 is 42.5 Å². The largest absolute Gasteiger partial charge is 0.473 e. The first-order valence-corrected chi connectivity index (χ1v) is 12.6. The maximum Gasteiger partial charge on any atom is 0.407 e. The summed E-state index contributed by atoms with van der Waals surface area (Å²) in [4.78, 5) is 50.8. The molecule has 0 spiro atoms. The summed E-state index contributed by atoms with van der Waals surface area (Å²) < 4.78 is 21.3. The minimum atomic E-state index is -1.08. The molecule has 1 aliphatic rings. The number of hydrogen-bond donors (Lipinski definition) is 2. The number of nitrogens with zero attached hydrogens (tertiary/aromatic N) is 1. The number of alkyl carbamates (subject to hydrolysis) is 1. The van der Waals surface area contributed by atoms with Crippen molar-refractivity contribution in [2.45, 2.75) is 84.2 Å². The lowest BCUT2D eigenvalue weighted by molar-refractivity contribution is -0.167. The number of hydrogen-bond acceptors (Lipinski definition) is 9.